The van der Waals surface area contributed by atoms with Crippen molar-refractivity contribution < 1.29 is 14.0 Å². The van der Waals surface area contributed by atoms with Gasteiger partial charge in [0.2, 0.25) is 0 Å². The minimum absolute atomic E-state index is 0.0600. The average Bonchev–Trinajstić information content (AvgIpc) is 2.61. The summed E-state index contributed by atoms with van der Waals surface area (Å²) in [5, 5.41) is 0.0600. The monoisotopic (exact) mass is 361 g/mol. The van der Waals surface area contributed by atoms with Crippen LogP contribution in [0.25, 0.3) is 0 Å². The molecular weight excluding hydrogens is 341 g/mol. The third-order valence-corrected chi connectivity index (χ3v) is 4.52. The molecule has 3 nitrogen and oxygen atoms in total. The lowest BCUT2D eigenvalue weighted by atomic mass is 9.88. The smallest absolute Gasteiger partial charge is 0.199 e. The maximum Gasteiger partial charge on any atom is 0.199 e. The fourth-order valence-corrected chi connectivity index (χ4v) is 3.10. The highest BCUT2D eigenvalue weighted by molar-refractivity contribution is 6.35. The Morgan fingerprint density at radius 3 is 2.60 bits per heavy atom. The summed E-state index contributed by atoms with van der Waals surface area (Å²) in [6, 6.07) is 6.28. The molecule has 2 aromatic rings. The van der Waals surface area contributed by atoms with Gasteiger partial charge in [0, 0.05) is 30.8 Å². The summed E-state index contributed by atoms with van der Waals surface area (Å²) in [5.74, 6) is -1.31. The molecule has 0 aliphatic rings. The average molecular weight is 362 g/mol. The van der Waals surface area contributed by atoms with Crippen LogP contribution < -0.4 is 0 Å². The summed E-state index contributed by atoms with van der Waals surface area (Å²) in [6.45, 7) is 3.84. The highest BCUT2D eigenvalue weighted by Gasteiger charge is 2.25. The number of pyridine rings is 1. The molecule has 0 spiro atoms. The SMILES string of the molecule is CCCC(=O)C[C@@H](CC)c1ccc(Cl)c(C(=O)c2cccnc2)c1F. The van der Waals surface area contributed by atoms with Gasteiger partial charge in [0.25, 0.3) is 0 Å². The topological polar surface area (TPSA) is 47.0 Å². The second-order valence-electron chi connectivity index (χ2n) is 5.99. The fourth-order valence-electron chi connectivity index (χ4n) is 2.86. The molecule has 1 atom stereocenters. The van der Waals surface area contributed by atoms with E-state index in [9.17, 15) is 9.59 Å². The quantitative estimate of drug-likeness (QED) is 0.595. The predicted molar refractivity (Wildman–Crippen MR) is 96.6 cm³/mol. The first-order chi connectivity index (χ1) is 12.0. The predicted octanol–water partition coefficient (Wildman–Crippen LogP) is 5.36. The summed E-state index contributed by atoms with van der Waals surface area (Å²) < 4.78 is 15.1. The zero-order chi connectivity index (χ0) is 18.4. The minimum Gasteiger partial charge on any atom is -0.300 e. The van der Waals surface area contributed by atoms with Crippen LogP contribution in [0.3, 0.4) is 0 Å². The van der Waals surface area contributed by atoms with Crippen LogP contribution in [0.4, 0.5) is 4.39 Å². The van der Waals surface area contributed by atoms with Crippen molar-refractivity contribution in [2.45, 2.75) is 45.4 Å². The summed E-state index contributed by atoms with van der Waals surface area (Å²) in [7, 11) is 0. The first-order valence-electron chi connectivity index (χ1n) is 8.43. The van der Waals surface area contributed by atoms with Crippen LogP contribution >= 0.6 is 11.6 Å². The zero-order valence-electron chi connectivity index (χ0n) is 14.4. The summed E-state index contributed by atoms with van der Waals surface area (Å²) in [4.78, 5) is 28.5. The normalized spacial score (nSPS) is 12.0. The van der Waals surface area contributed by atoms with E-state index in [0.29, 0.717) is 18.4 Å². The molecule has 0 aliphatic heterocycles. The van der Waals surface area contributed by atoms with Crippen molar-refractivity contribution in [3.8, 4) is 0 Å². The van der Waals surface area contributed by atoms with Crippen LogP contribution in [0, 0.1) is 5.82 Å². The molecule has 0 fully saturated rings. The van der Waals surface area contributed by atoms with Crippen molar-refractivity contribution in [1.82, 2.24) is 4.98 Å². The van der Waals surface area contributed by atoms with E-state index in [1.807, 2.05) is 13.8 Å². The molecule has 1 heterocycles. The number of halogens is 2. The molecule has 0 aliphatic carbocycles. The lowest BCUT2D eigenvalue weighted by molar-refractivity contribution is -0.119. The molecular formula is C20H21ClFNO2. The molecule has 0 unspecified atom stereocenters. The number of rotatable bonds is 8. The summed E-state index contributed by atoms with van der Waals surface area (Å²) in [6.07, 6.45) is 5.04. The molecule has 132 valence electrons. The molecule has 0 N–H and O–H groups in total. The number of carbonyl (C=O) groups is 2. The van der Waals surface area contributed by atoms with Crippen LogP contribution in [-0.2, 0) is 4.79 Å². The van der Waals surface area contributed by atoms with Gasteiger partial charge in [-0.25, -0.2) is 4.39 Å². The van der Waals surface area contributed by atoms with E-state index in [1.165, 1.54) is 18.5 Å². The van der Waals surface area contributed by atoms with E-state index in [0.717, 1.165) is 6.42 Å². The van der Waals surface area contributed by atoms with Gasteiger partial charge in [0.05, 0.1) is 10.6 Å². The Labute approximate surface area is 152 Å². The van der Waals surface area contributed by atoms with Gasteiger partial charge in [-0.05, 0) is 42.5 Å². The van der Waals surface area contributed by atoms with Crippen molar-refractivity contribution >= 4 is 23.2 Å². The third-order valence-electron chi connectivity index (χ3n) is 4.21. The Balaban J connectivity index is 2.42. The van der Waals surface area contributed by atoms with Gasteiger partial charge < -0.3 is 0 Å². The number of carbonyl (C=O) groups excluding carboxylic acids is 2. The van der Waals surface area contributed by atoms with E-state index in [2.05, 4.69) is 4.98 Å². The number of nitrogens with zero attached hydrogens (tertiary/aromatic N) is 1. The number of hydrogen-bond donors (Lipinski definition) is 0. The van der Waals surface area contributed by atoms with Crippen molar-refractivity contribution in [1.29, 1.82) is 0 Å². The number of Topliss-reactive ketones (excluding diaryl/α,β-unsaturated/α-hetero) is 1. The van der Waals surface area contributed by atoms with Crippen molar-refractivity contribution in [2.24, 2.45) is 0 Å². The van der Waals surface area contributed by atoms with Crippen LogP contribution in [0.15, 0.2) is 36.7 Å². The number of aromatic nitrogens is 1. The van der Waals surface area contributed by atoms with E-state index >= 15 is 4.39 Å². The van der Waals surface area contributed by atoms with E-state index in [4.69, 9.17) is 11.6 Å². The molecule has 25 heavy (non-hydrogen) atoms. The molecule has 0 bridgehead atoms. The molecule has 1 aromatic carbocycles. The first kappa shape index (κ1) is 19.3. The maximum absolute atomic E-state index is 15.1. The zero-order valence-corrected chi connectivity index (χ0v) is 15.1. The maximum atomic E-state index is 15.1. The van der Waals surface area contributed by atoms with E-state index < -0.39 is 11.6 Å². The minimum atomic E-state index is -0.641. The Bertz CT molecular complexity index is 762. The fraction of sp³-hybridized carbons (Fsp3) is 0.350. The van der Waals surface area contributed by atoms with Crippen molar-refractivity contribution in [2.75, 3.05) is 0 Å². The van der Waals surface area contributed by atoms with Gasteiger partial charge in [-0.2, -0.15) is 0 Å². The first-order valence-corrected chi connectivity index (χ1v) is 8.81. The number of benzene rings is 1. The van der Waals surface area contributed by atoms with Gasteiger partial charge in [0.15, 0.2) is 5.78 Å². The second kappa shape index (κ2) is 8.86. The van der Waals surface area contributed by atoms with Crippen LogP contribution in [0.5, 0.6) is 0 Å². The summed E-state index contributed by atoms with van der Waals surface area (Å²) >= 11 is 6.10. The van der Waals surface area contributed by atoms with E-state index in [1.54, 1.807) is 18.2 Å². The molecule has 2 rings (SSSR count). The Morgan fingerprint density at radius 2 is 2.00 bits per heavy atom. The van der Waals surface area contributed by atoms with E-state index in [-0.39, 0.29) is 34.3 Å². The molecule has 0 amide bonds. The van der Waals surface area contributed by atoms with Crippen molar-refractivity contribution in [3.05, 3.63) is 64.2 Å². The standard InChI is InChI=1S/C20H21ClFNO2/c1-3-6-15(24)11-13(4-2)16-8-9-17(21)18(19(16)22)20(25)14-7-5-10-23-12-14/h5,7-10,12-13H,3-4,6,11H2,1-2H3/t13-/m1/s1. The summed E-state index contributed by atoms with van der Waals surface area (Å²) in [5.41, 5.74) is 0.479. The Hall–Kier alpha value is -2.07. The van der Waals surface area contributed by atoms with Crippen LogP contribution in [0.1, 0.15) is 66.9 Å². The molecule has 0 saturated heterocycles. The second-order valence-corrected chi connectivity index (χ2v) is 6.40. The molecule has 0 radical (unpaired) electrons. The lowest BCUT2D eigenvalue weighted by Crippen LogP contribution is -2.12. The third kappa shape index (κ3) is 4.51. The van der Waals surface area contributed by atoms with Gasteiger partial charge in [-0.15, -0.1) is 0 Å². The van der Waals surface area contributed by atoms with Gasteiger partial charge in [-0.1, -0.05) is 31.5 Å². The molecule has 5 heteroatoms. The largest absolute Gasteiger partial charge is 0.300 e. The Kier molecular flexibility index (Phi) is 6.82. The highest BCUT2D eigenvalue weighted by Crippen LogP contribution is 2.32. The highest BCUT2D eigenvalue weighted by atomic mass is 35.5. The number of hydrogen-bond acceptors (Lipinski definition) is 3. The van der Waals surface area contributed by atoms with Gasteiger partial charge in [-0.3, -0.25) is 14.6 Å². The lowest BCUT2D eigenvalue weighted by Gasteiger charge is -2.18. The Morgan fingerprint density at radius 1 is 1.24 bits per heavy atom. The van der Waals surface area contributed by atoms with Crippen LogP contribution in [0.2, 0.25) is 5.02 Å². The molecule has 0 saturated carbocycles. The van der Waals surface area contributed by atoms with Crippen LogP contribution in [-0.4, -0.2) is 16.6 Å². The number of ketones is 2. The van der Waals surface area contributed by atoms with Gasteiger partial charge in [0.1, 0.15) is 11.6 Å². The molecule has 1 aromatic heterocycles. The van der Waals surface area contributed by atoms with Gasteiger partial charge >= 0.3 is 0 Å². The van der Waals surface area contributed by atoms with Crippen molar-refractivity contribution in [3.63, 3.8) is 0 Å².